The van der Waals surface area contributed by atoms with Gasteiger partial charge in [0, 0.05) is 19.5 Å². The summed E-state index contributed by atoms with van der Waals surface area (Å²) >= 11 is 0. The molecule has 0 bridgehead atoms. The highest BCUT2D eigenvalue weighted by Gasteiger charge is 2.40. The van der Waals surface area contributed by atoms with E-state index in [1.807, 2.05) is 12.1 Å². The maximum absolute atomic E-state index is 13.2. The number of ketones is 1. The van der Waals surface area contributed by atoms with Crippen LogP contribution in [0.15, 0.2) is 18.2 Å². The molecule has 1 unspecified atom stereocenters. The van der Waals surface area contributed by atoms with Crippen molar-refractivity contribution in [3.05, 3.63) is 29.3 Å². The van der Waals surface area contributed by atoms with Crippen LogP contribution < -0.4 is 4.74 Å². The Morgan fingerprint density at radius 3 is 2.76 bits per heavy atom. The monoisotopic (exact) mass is 289 g/mol. The van der Waals surface area contributed by atoms with E-state index in [4.69, 9.17) is 9.47 Å². The van der Waals surface area contributed by atoms with Crippen LogP contribution in [-0.2, 0) is 11.2 Å². The van der Waals surface area contributed by atoms with Crippen LogP contribution in [0.4, 0.5) is 0 Å². The van der Waals surface area contributed by atoms with Gasteiger partial charge in [-0.05, 0) is 25.0 Å². The van der Waals surface area contributed by atoms with Crippen LogP contribution in [0.1, 0.15) is 36.2 Å². The topological polar surface area (TPSA) is 38.8 Å². The average Bonchev–Trinajstić information content (AvgIpc) is 3.02. The predicted octanol–water partition coefficient (Wildman–Crippen LogP) is 2.31. The molecule has 21 heavy (non-hydrogen) atoms. The van der Waals surface area contributed by atoms with Crippen LogP contribution in [0.3, 0.4) is 0 Å². The van der Waals surface area contributed by atoms with Gasteiger partial charge in [-0.1, -0.05) is 19.1 Å². The number of ether oxygens (including phenoxy) is 2. The molecule has 3 rings (SSSR count). The third kappa shape index (κ3) is 2.47. The van der Waals surface area contributed by atoms with Crippen molar-refractivity contribution in [3.63, 3.8) is 0 Å². The fourth-order valence-electron chi connectivity index (χ4n) is 3.27. The van der Waals surface area contributed by atoms with Crippen molar-refractivity contribution in [1.82, 2.24) is 4.90 Å². The average molecular weight is 289 g/mol. The molecular formula is C17H23NO3. The second-order valence-electron chi connectivity index (χ2n) is 5.95. The zero-order valence-electron chi connectivity index (χ0n) is 12.9. The molecule has 0 aromatic heterocycles. The minimum Gasteiger partial charge on any atom is -0.492 e. The van der Waals surface area contributed by atoms with Gasteiger partial charge in [0.15, 0.2) is 5.78 Å². The van der Waals surface area contributed by atoms with E-state index < -0.39 is 5.54 Å². The van der Waals surface area contributed by atoms with E-state index in [9.17, 15) is 4.79 Å². The third-order valence-corrected chi connectivity index (χ3v) is 4.85. The maximum atomic E-state index is 13.2. The van der Waals surface area contributed by atoms with Crippen LogP contribution in [-0.4, -0.2) is 49.1 Å². The van der Waals surface area contributed by atoms with Gasteiger partial charge in [0.2, 0.25) is 0 Å². The van der Waals surface area contributed by atoms with E-state index in [0.29, 0.717) is 19.8 Å². The molecule has 0 radical (unpaired) electrons. The van der Waals surface area contributed by atoms with E-state index in [2.05, 4.69) is 24.8 Å². The number of Topliss-reactive ketones (excluding diaryl/α,β-unsaturated/α-hetero) is 1. The lowest BCUT2D eigenvalue weighted by atomic mass is 9.85. The second-order valence-corrected chi connectivity index (χ2v) is 5.95. The van der Waals surface area contributed by atoms with E-state index >= 15 is 0 Å². The highest BCUT2D eigenvalue weighted by Crippen LogP contribution is 2.34. The molecule has 0 aliphatic carbocycles. The van der Waals surface area contributed by atoms with E-state index in [-0.39, 0.29) is 5.78 Å². The van der Waals surface area contributed by atoms with Crippen LogP contribution >= 0.6 is 0 Å². The molecule has 0 N–H and O–H groups in total. The molecule has 1 fully saturated rings. The zero-order valence-corrected chi connectivity index (χ0v) is 12.9. The summed E-state index contributed by atoms with van der Waals surface area (Å²) in [6.07, 6.45) is 1.69. The fourth-order valence-corrected chi connectivity index (χ4v) is 3.27. The van der Waals surface area contributed by atoms with Gasteiger partial charge >= 0.3 is 0 Å². The molecule has 2 heterocycles. The Labute approximate surface area is 126 Å². The number of benzene rings is 1. The van der Waals surface area contributed by atoms with Crippen molar-refractivity contribution in [2.24, 2.45) is 0 Å². The first-order chi connectivity index (χ1) is 10.2. The molecule has 0 amide bonds. The third-order valence-electron chi connectivity index (χ3n) is 4.85. The molecule has 2 aliphatic rings. The number of carbonyl (C=O) groups is 1. The highest BCUT2D eigenvalue weighted by molar-refractivity contribution is 6.05. The molecule has 114 valence electrons. The molecule has 2 aliphatic heterocycles. The summed E-state index contributed by atoms with van der Waals surface area (Å²) in [5.41, 5.74) is 1.41. The number of rotatable bonds is 4. The molecule has 0 saturated carbocycles. The van der Waals surface area contributed by atoms with Gasteiger partial charge in [-0.15, -0.1) is 0 Å². The smallest absolute Gasteiger partial charge is 0.186 e. The second kappa shape index (κ2) is 5.78. The standard InChI is InChI=1S/C17H23NO3/c1-3-17(2,18-8-11-20-12-9-18)16(19)14-6-4-5-13-7-10-21-15(13)14/h4-6H,3,7-12H2,1-2H3. The molecule has 4 heteroatoms. The molecule has 4 nitrogen and oxygen atoms in total. The first-order valence-corrected chi connectivity index (χ1v) is 7.79. The maximum Gasteiger partial charge on any atom is 0.186 e. The van der Waals surface area contributed by atoms with E-state index in [1.165, 1.54) is 0 Å². The summed E-state index contributed by atoms with van der Waals surface area (Å²) in [4.78, 5) is 15.5. The van der Waals surface area contributed by atoms with Gasteiger partial charge in [0.05, 0.1) is 30.9 Å². The van der Waals surface area contributed by atoms with Crippen molar-refractivity contribution in [3.8, 4) is 5.75 Å². The Balaban J connectivity index is 1.94. The number of carbonyl (C=O) groups excluding carboxylic acids is 1. The van der Waals surface area contributed by atoms with E-state index in [1.54, 1.807) is 0 Å². The Hall–Kier alpha value is -1.39. The normalized spacial score (nSPS) is 21.4. The molecular weight excluding hydrogens is 266 g/mol. The van der Waals surface area contributed by atoms with Gasteiger partial charge in [0.25, 0.3) is 0 Å². The molecule has 1 aromatic rings. The summed E-state index contributed by atoms with van der Waals surface area (Å²) in [7, 11) is 0. The van der Waals surface area contributed by atoms with Crippen LogP contribution in [0.25, 0.3) is 0 Å². The van der Waals surface area contributed by atoms with Crippen molar-refractivity contribution in [2.45, 2.75) is 32.2 Å². The number of para-hydroxylation sites is 1. The number of hydrogen-bond acceptors (Lipinski definition) is 4. The van der Waals surface area contributed by atoms with Gasteiger partial charge in [-0.2, -0.15) is 0 Å². The molecule has 1 saturated heterocycles. The molecule has 1 aromatic carbocycles. The Morgan fingerprint density at radius 1 is 1.29 bits per heavy atom. The summed E-state index contributed by atoms with van der Waals surface area (Å²) in [6.45, 7) is 7.84. The van der Waals surface area contributed by atoms with Gasteiger partial charge in [-0.25, -0.2) is 0 Å². The Morgan fingerprint density at radius 2 is 2.05 bits per heavy atom. The zero-order chi connectivity index (χ0) is 14.9. The van der Waals surface area contributed by atoms with Gasteiger partial charge in [0.1, 0.15) is 5.75 Å². The fraction of sp³-hybridized carbons (Fsp3) is 0.588. The number of morpholine rings is 1. The van der Waals surface area contributed by atoms with Crippen LogP contribution in [0.5, 0.6) is 5.75 Å². The van der Waals surface area contributed by atoms with Gasteiger partial charge < -0.3 is 9.47 Å². The lowest BCUT2D eigenvalue weighted by molar-refractivity contribution is -0.0107. The van der Waals surface area contributed by atoms with Crippen molar-refractivity contribution < 1.29 is 14.3 Å². The lowest BCUT2D eigenvalue weighted by Crippen LogP contribution is -2.56. The van der Waals surface area contributed by atoms with Crippen molar-refractivity contribution in [2.75, 3.05) is 32.9 Å². The Kier molecular flexibility index (Phi) is 4.00. The minimum absolute atomic E-state index is 0.172. The number of fused-ring (bicyclic) bond motifs is 1. The van der Waals surface area contributed by atoms with Gasteiger partial charge in [-0.3, -0.25) is 9.69 Å². The summed E-state index contributed by atoms with van der Waals surface area (Å²) < 4.78 is 11.1. The first kappa shape index (κ1) is 14.5. The summed E-state index contributed by atoms with van der Waals surface area (Å²) in [5, 5.41) is 0. The van der Waals surface area contributed by atoms with Crippen LogP contribution in [0.2, 0.25) is 0 Å². The van der Waals surface area contributed by atoms with E-state index in [0.717, 1.165) is 42.8 Å². The van der Waals surface area contributed by atoms with Crippen molar-refractivity contribution in [1.29, 1.82) is 0 Å². The SMILES string of the molecule is CCC(C)(C(=O)c1cccc2c1OCC2)N1CCOCC1. The molecule has 1 atom stereocenters. The largest absolute Gasteiger partial charge is 0.492 e. The minimum atomic E-state index is -0.481. The molecule has 0 spiro atoms. The Bertz CT molecular complexity index is 537. The first-order valence-electron chi connectivity index (χ1n) is 7.79. The van der Waals surface area contributed by atoms with Crippen molar-refractivity contribution >= 4 is 5.78 Å². The lowest BCUT2D eigenvalue weighted by Gasteiger charge is -2.41. The quantitative estimate of drug-likeness (QED) is 0.797. The number of hydrogen-bond donors (Lipinski definition) is 0. The highest BCUT2D eigenvalue weighted by atomic mass is 16.5. The summed E-state index contributed by atoms with van der Waals surface area (Å²) in [6, 6.07) is 5.92. The van der Waals surface area contributed by atoms with Crippen LogP contribution in [0, 0.1) is 0 Å². The predicted molar refractivity (Wildman–Crippen MR) is 81.1 cm³/mol. The summed E-state index contributed by atoms with van der Waals surface area (Å²) in [5.74, 6) is 0.973. The number of nitrogens with zero attached hydrogens (tertiary/aromatic N) is 1.